The maximum Gasteiger partial charge on any atom is 0.230 e. The lowest BCUT2D eigenvalue weighted by atomic mass is 9.84. The summed E-state index contributed by atoms with van der Waals surface area (Å²) in [6.45, 7) is 4.90. The molecule has 0 spiro atoms. The number of hydrogen-bond donors (Lipinski definition) is 1. The van der Waals surface area contributed by atoms with Crippen molar-refractivity contribution in [2.75, 3.05) is 18.1 Å². The molecule has 1 aromatic carbocycles. The molecule has 0 heterocycles. The third-order valence-electron chi connectivity index (χ3n) is 5.57. The SMILES string of the molecule is Cc1ccc(OCCSCC(=O)NC(C)C2CC3CCC2C3)cc1. The van der Waals surface area contributed by atoms with Gasteiger partial charge in [-0.15, -0.1) is 11.8 Å². The van der Waals surface area contributed by atoms with Crippen LogP contribution in [0.25, 0.3) is 0 Å². The van der Waals surface area contributed by atoms with Crippen LogP contribution in [0.2, 0.25) is 0 Å². The summed E-state index contributed by atoms with van der Waals surface area (Å²) in [5.41, 5.74) is 1.23. The van der Waals surface area contributed by atoms with Gasteiger partial charge in [0, 0.05) is 11.8 Å². The minimum Gasteiger partial charge on any atom is -0.493 e. The number of hydrogen-bond acceptors (Lipinski definition) is 3. The normalized spacial score (nSPS) is 26.3. The number of carbonyl (C=O) groups excluding carboxylic acids is 1. The predicted molar refractivity (Wildman–Crippen MR) is 101 cm³/mol. The van der Waals surface area contributed by atoms with Crippen LogP contribution in [0.5, 0.6) is 5.75 Å². The highest BCUT2D eigenvalue weighted by Crippen LogP contribution is 2.49. The minimum absolute atomic E-state index is 0.172. The smallest absolute Gasteiger partial charge is 0.230 e. The van der Waals surface area contributed by atoms with E-state index in [1.807, 2.05) is 24.3 Å². The van der Waals surface area contributed by atoms with Gasteiger partial charge in [-0.3, -0.25) is 4.79 Å². The molecular weight excluding hydrogens is 318 g/mol. The Morgan fingerprint density at radius 1 is 1.29 bits per heavy atom. The molecule has 2 bridgehead atoms. The van der Waals surface area contributed by atoms with Gasteiger partial charge >= 0.3 is 0 Å². The van der Waals surface area contributed by atoms with Crippen molar-refractivity contribution in [2.45, 2.75) is 45.6 Å². The maximum atomic E-state index is 12.1. The Morgan fingerprint density at radius 3 is 2.75 bits per heavy atom. The summed E-state index contributed by atoms with van der Waals surface area (Å²) >= 11 is 1.65. The first kappa shape index (κ1) is 17.7. The summed E-state index contributed by atoms with van der Waals surface area (Å²) in [5.74, 6) is 4.95. The average Bonchev–Trinajstić information content (AvgIpc) is 3.19. The zero-order valence-corrected chi connectivity index (χ0v) is 15.6. The maximum absolute atomic E-state index is 12.1. The topological polar surface area (TPSA) is 38.3 Å². The Labute approximate surface area is 149 Å². The van der Waals surface area contributed by atoms with Crippen LogP contribution in [0.3, 0.4) is 0 Å². The molecule has 3 rings (SSSR count). The van der Waals surface area contributed by atoms with E-state index in [1.54, 1.807) is 11.8 Å². The first-order valence-corrected chi connectivity index (χ1v) is 10.3. The molecule has 2 fully saturated rings. The highest BCUT2D eigenvalue weighted by molar-refractivity contribution is 7.99. The fraction of sp³-hybridized carbons (Fsp3) is 0.650. The van der Waals surface area contributed by atoms with Crippen LogP contribution < -0.4 is 10.1 Å². The number of carbonyl (C=O) groups is 1. The number of nitrogens with one attached hydrogen (secondary N) is 1. The van der Waals surface area contributed by atoms with Crippen molar-refractivity contribution in [1.29, 1.82) is 0 Å². The molecule has 24 heavy (non-hydrogen) atoms. The lowest BCUT2D eigenvalue weighted by molar-refractivity contribution is -0.119. The molecule has 132 valence electrons. The van der Waals surface area contributed by atoms with Gasteiger partial charge in [0.25, 0.3) is 0 Å². The van der Waals surface area contributed by atoms with E-state index in [9.17, 15) is 4.79 Å². The second kappa shape index (κ2) is 8.28. The van der Waals surface area contributed by atoms with Crippen molar-refractivity contribution in [2.24, 2.45) is 17.8 Å². The number of thioether (sulfide) groups is 1. The second-order valence-electron chi connectivity index (χ2n) is 7.41. The van der Waals surface area contributed by atoms with E-state index in [0.29, 0.717) is 24.3 Å². The van der Waals surface area contributed by atoms with Crippen LogP contribution in [-0.4, -0.2) is 30.1 Å². The molecule has 0 saturated heterocycles. The fourth-order valence-corrected chi connectivity index (χ4v) is 4.94. The predicted octanol–water partition coefficient (Wildman–Crippen LogP) is 4.05. The van der Waals surface area contributed by atoms with Crippen molar-refractivity contribution < 1.29 is 9.53 Å². The van der Waals surface area contributed by atoms with Crippen molar-refractivity contribution in [1.82, 2.24) is 5.32 Å². The number of amides is 1. The van der Waals surface area contributed by atoms with Gasteiger partial charge in [0.15, 0.2) is 0 Å². The number of rotatable bonds is 8. The highest BCUT2D eigenvalue weighted by atomic mass is 32.2. The van der Waals surface area contributed by atoms with Gasteiger partial charge in [-0.2, -0.15) is 0 Å². The molecule has 2 aliphatic carbocycles. The van der Waals surface area contributed by atoms with Gasteiger partial charge in [0.2, 0.25) is 5.91 Å². The Morgan fingerprint density at radius 2 is 2.08 bits per heavy atom. The van der Waals surface area contributed by atoms with Crippen LogP contribution >= 0.6 is 11.8 Å². The van der Waals surface area contributed by atoms with Gasteiger partial charge < -0.3 is 10.1 Å². The number of aryl methyl sites for hydroxylation is 1. The molecular formula is C20H29NO2S. The van der Waals surface area contributed by atoms with Crippen LogP contribution in [0, 0.1) is 24.7 Å². The Bertz CT molecular complexity index is 545. The molecule has 4 atom stereocenters. The van der Waals surface area contributed by atoms with Crippen molar-refractivity contribution >= 4 is 17.7 Å². The lowest BCUT2D eigenvalue weighted by Crippen LogP contribution is -2.41. The third kappa shape index (κ3) is 4.69. The van der Waals surface area contributed by atoms with Gasteiger partial charge in [-0.1, -0.05) is 24.1 Å². The van der Waals surface area contributed by atoms with Crippen LogP contribution in [-0.2, 0) is 4.79 Å². The van der Waals surface area contributed by atoms with Crippen LogP contribution in [0.4, 0.5) is 0 Å². The monoisotopic (exact) mass is 347 g/mol. The Hall–Kier alpha value is -1.16. The van der Waals surface area contributed by atoms with Crippen molar-refractivity contribution in [3.05, 3.63) is 29.8 Å². The Balaban J connectivity index is 1.28. The van der Waals surface area contributed by atoms with E-state index < -0.39 is 0 Å². The first-order valence-electron chi connectivity index (χ1n) is 9.18. The lowest BCUT2D eigenvalue weighted by Gasteiger charge is -2.28. The number of ether oxygens (including phenoxy) is 1. The average molecular weight is 348 g/mol. The zero-order valence-electron chi connectivity index (χ0n) is 14.8. The van der Waals surface area contributed by atoms with E-state index in [1.165, 1.54) is 31.2 Å². The van der Waals surface area contributed by atoms with E-state index in [0.717, 1.165) is 23.3 Å². The van der Waals surface area contributed by atoms with Crippen LogP contribution in [0.1, 0.15) is 38.2 Å². The number of benzene rings is 1. The summed E-state index contributed by atoms with van der Waals surface area (Å²) < 4.78 is 5.69. The quantitative estimate of drug-likeness (QED) is 0.721. The minimum atomic E-state index is 0.172. The summed E-state index contributed by atoms with van der Waals surface area (Å²) in [7, 11) is 0. The van der Waals surface area contributed by atoms with E-state index in [2.05, 4.69) is 19.2 Å². The fourth-order valence-electron chi connectivity index (χ4n) is 4.33. The third-order valence-corrected chi connectivity index (χ3v) is 6.50. The summed E-state index contributed by atoms with van der Waals surface area (Å²) in [6, 6.07) is 8.41. The molecule has 0 aliphatic heterocycles. The van der Waals surface area contributed by atoms with Crippen molar-refractivity contribution in [3.8, 4) is 5.75 Å². The molecule has 2 saturated carbocycles. The molecule has 4 unspecified atom stereocenters. The summed E-state index contributed by atoms with van der Waals surface area (Å²) in [4.78, 5) is 12.1. The summed E-state index contributed by atoms with van der Waals surface area (Å²) in [6.07, 6.45) is 5.51. The molecule has 3 nitrogen and oxygen atoms in total. The van der Waals surface area contributed by atoms with Crippen LogP contribution in [0.15, 0.2) is 24.3 Å². The highest BCUT2D eigenvalue weighted by Gasteiger charge is 2.42. The number of fused-ring (bicyclic) bond motifs is 2. The molecule has 1 amide bonds. The summed E-state index contributed by atoms with van der Waals surface area (Å²) in [5, 5.41) is 3.22. The van der Waals surface area contributed by atoms with Gasteiger partial charge in [-0.25, -0.2) is 0 Å². The molecule has 4 heteroatoms. The second-order valence-corrected chi connectivity index (χ2v) is 8.51. The van der Waals surface area contributed by atoms with Gasteiger partial charge in [-0.05, 0) is 63.0 Å². The standard InChI is InChI=1S/C20H29NO2S/c1-14-3-7-18(8-4-14)23-9-10-24-13-20(22)21-15(2)19-12-16-5-6-17(19)11-16/h3-4,7-8,15-17,19H,5-6,9-13H2,1-2H3,(H,21,22). The molecule has 1 aromatic rings. The zero-order chi connectivity index (χ0) is 16.9. The van der Waals surface area contributed by atoms with Crippen molar-refractivity contribution in [3.63, 3.8) is 0 Å². The molecule has 1 N–H and O–H groups in total. The van der Waals surface area contributed by atoms with Gasteiger partial charge in [0.05, 0.1) is 12.4 Å². The Kier molecular flexibility index (Phi) is 6.09. The van der Waals surface area contributed by atoms with E-state index in [-0.39, 0.29) is 5.91 Å². The largest absolute Gasteiger partial charge is 0.493 e. The van der Waals surface area contributed by atoms with Gasteiger partial charge in [0.1, 0.15) is 5.75 Å². The molecule has 2 aliphatic rings. The molecule has 0 radical (unpaired) electrons. The van der Waals surface area contributed by atoms with E-state index in [4.69, 9.17) is 4.74 Å². The van der Waals surface area contributed by atoms with E-state index >= 15 is 0 Å². The first-order chi connectivity index (χ1) is 11.6. The molecule has 0 aromatic heterocycles.